The van der Waals surface area contributed by atoms with Crippen molar-refractivity contribution < 1.29 is 9.84 Å². The Labute approximate surface area is 133 Å². The van der Waals surface area contributed by atoms with Crippen LogP contribution in [0, 0.1) is 6.92 Å². The van der Waals surface area contributed by atoms with Gasteiger partial charge in [-0.05, 0) is 63.9 Å². The van der Waals surface area contributed by atoms with E-state index in [2.05, 4.69) is 31.9 Å². The van der Waals surface area contributed by atoms with Crippen molar-refractivity contribution in [2.24, 2.45) is 0 Å². The van der Waals surface area contributed by atoms with E-state index >= 15 is 0 Å². The van der Waals surface area contributed by atoms with Gasteiger partial charge < -0.3 is 9.84 Å². The van der Waals surface area contributed by atoms with E-state index < -0.39 is 6.10 Å². The lowest BCUT2D eigenvalue weighted by Crippen LogP contribution is -2.04. The smallest absolute Gasteiger partial charge is 0.125 e. The molecule has 0 spiro atoms. The summed E-state index contributed by atoms with van der Waals surface area (Å²) in [7, 11) is 0. The summed E-state index contributed by atoms with van der Waals surface area (Å²) < 4.78 is 7.51. The fourth-order valence-electron chi connectivity index (χ4n) is 1.88. The van der Waals surface area contributed by atoms with Crippen molar-refractivity contribution in [1.29, 1.82) is 0 Å². The molecule has 1 heterocycles. The van der Waals surface area contributed by atoms with Gasteiger partial charge in [0, 0.05) is 11.1 Å². The minimum Gasteiger partial charge on any atom is -0.493 e. The molecule has 0 amide bonds. The highest BCUT2D eigenvalue weighted by atomic mass is 79.9. The molecule has 2 nitrogen and oxygen atoms in total. The molecule has 2 rings (SSSR count). The lowest BCUT2D eigenvalue weighted by Gasteiger charge is -2.16. The Bertz CT molecular complexity index is 581. The Hall–Kier alpha value is -0.360. The number of aryl methyl sites for hydroxylation is 1. The van der Waals surface area contributed by atoms with Crippen LogP contribution in [0.1, 0.15) is 29.7 Å². The van der Waals surface area contributed by atoms with Crippen LogP contribution in [0.3, 0.4) is 0 Å². The van der Waals surface area contributed by atoms with Gasteiger partial charge in [-0.1, -0.05) is 11.6 Å². The first-order chi connectivity index (χ1) is 9.02. The predicted molar refractivity (Wildman–Crippen MR) is 86.1 cm³/mol. The molecule has 0 bridgehead atoms. The Morgan fingerprint density at radius 3 is 2.58 bits per heavy atom. The molecule has 2 aromatic rings. The Morgan fingerprint density at radius 2 is 2.00 bits per heavy atom. The maximum absolute atomic E-state index is 10.6. The maximum Gasteiger partial charge on any atom is 0.125 e. The van der Waals surface area contributed by atoms with Gasteiger partial charge in [0.05, 0.1) is 14.2 Å². The molecule has 0 fully saturated rings. The van der Waals surface area contributed by atoms with Gasteiger partial charge >= 0.3 is 0 Å². The highest BCUT2D eigenvalue weighted by Gasteiger charge is 2.20. The second-order valence-corrected chi connectivity index (χ2v) is 7.91. The van der Waals surface area contributed by atoms with Crippen LogP contribution in [0.2, 0.25) is 0 Å². The van der Waals surface area contributed by atoms with Crippen molar-refractivity contribution >= 4 is 43.2 Å². The zero-order chi connectivity index (χ0) is 14.0. The number of rotatable bonds is 4. The summed E-state index contributed by atoms with van der Waals surface area (Å²) in [6.45, 7) is 4.52. The van der Waals surface area contributed by atoms with Crippen LogP contribution in [0.25, 0.3) is 0 Å². The second kappa shape index (κ2) is 6.39. The summed E-state index contributed by atoms with van der Waals surface area (Å²) in [4.78, 5) is 0. The van der Waals surface area contributed by atoms with Crippen molar-refractivity contribution in [3.05, 3.63) is 48.5 Å². The molecule has 102 valence electrons. The van der Waals surface area contributed by atoms with Crippen LogP contribution in [0.4, 0.5) is 0 Å². The average Bonchev–Trinajstić information content (AvgIpc) is 2.70. The van der Waals surface area contributed by atoms with Gasteiger partial charge in [0.15, 0.2) is 0 Å². The standard InChI is InChI=1S/C14H14Br2O2S/c1-3-18-11-5-4-8(2)6-9(11)13(17)10-7-12(15)19-14(10)16/h4-7,13,17H,3H2,1-2H3. The lowest BCUT2D eigenvalue weighted by molar-refractivity contribution is 0.211. The van der Waals surface area contributed by atoms with Crippen molar-refractivity contribution in [2.75, 3.05) is 6.61 Å². The van der Waals surface area contributed by atoms with Gasteiger partial charge in [-0.2, -0.15) is 0 Å². The average molecular weight is 406 g/mol. The largest absolute Gasteiger partial charge is 0.493 e. The van der Waals surface area contributed by atoms with Crippen LogP contribution in [0.15, 0.2) is 31.8 Å². The summed E-state index contributed by atoms with van der Waals surface area (Å²) in [6.07, 6.45) is -0.696. The van der Waals surface area contributed by atoms with Gasteiger partial charge in [0.1, 0.15) is 11.9 Å². The van der Waals surface area contributed by atoms with Gasteiger partial charge in [-0.15, -0.1) is 11.3 Å². The number of aliphatic hydroxyl groups is 1. The van der Waals surface area contributed by atoms with E-state index in [1.54, 1.807) is 11.3 Å². The molecule has 0 saturated heterocycles. The minimum absolute atomic E-state index is 0.581. The summed E-state index contributed by atoms with van der Waals surface area (Å²) in [5, 5.41) is 10.6. The molecule has 1 N–H and O–H groups in total. The van der Waals surface area contributed by atoms with Crippen LogP contribution >= 0.6 is 43.2 Å². The van der Waals surface area contributed by atoms with Gasteiger partial charge in [-0.25, -0.2) is 0 Å². The van der Waals surface area contributed by atoms with Crippen LogP contribution in [-0.4, -0.2) is 11.7 Å². The maximum atomic E-state index is 10.6. The molecule has 1 atom stereocenters. The second-order valence-electron chi connectivity index (χ2n) is 4.16. The molecule has 0 radical (unpaired) electrons. The van der Waals surface area contributed by atoms with Gasteiger partial charge in [0.2, 0.25) is 0 Å². The predicted octanol–water partition coefficient (Wildman–Crippen LogP) is 5.06. The Kier molecular flexibility index (Phi) is 5.06. The molecule has 0 aliphatic rings. The van der Waals surface area contributed by atoms with Crippen molar-refractivity contribution in [2.45, 2.75) is 20.0 Å². The molecule has 19 heavy (non-hydrogen) atoms. The molecule has 1 unspecified atom stereocenters. The topological polar surface area (TPSA) is 29.5 Å². The number of ether oxygens (including phenoxy) is 1. The third kappa shape index (κ3) is 3.40. The van der Waals surface area contributed by atoms with E-state index in [1.165, 1.54) is 0 Å². The van der Waals surface area contributed by atoms with Crippen molar-refractivity contribution in [3.63, 3.8) is 0 Å². The highest BCUT2D eigenvalue weighted by molar-refractivity contribution is 9.12. The van der Waals surface area contributed by atoms with Crippen LogP contribution in [-0.2, 0) is 0 Å². The number of halogens is 2. The van der Waals surface area contributed by atoms with E-state index in [4.69, 9.17) is 4.74 Å². The van der Waals surface area contributed by atoms with E-state index in [-0.39, 0.29) is 0 Å². The fraction of sp³-hybridized carbons (Fsp3) is 0.286. The number of hydrogen-bond donors (Lipinski definition) is 1. The first kappa shape index (κ1) is 15.0. The number of hydrogen-bond acceptors (Lipinski definition) is 3. The summed E-state index contributed by atoms with van der Waals surface area (Å²) >= 11 is 8.47. The minimum atomic E-state index is -0.696. The Morgan fingerprint density at radius 1 is 1.26 bits per heavy atom. The molecule has 0 saturated carbocycles. The zero-order valence-corrected chi connectivity index (χ0v) is 14.6. The van der Waals surface area contributed by atoms with Crippen molar-refractivity contribution in [3.8, 4) is 5.75 Å². The third-order valence-corrected chi connectivity index (χ3v) is 5.12. The number of thiophene rings is 1. The quantitative estimate of drug-likeness (QED) is 0.769. The fourth-order valence-corrected chi connectivity index (χ4v) is 4.76. The van der Waals surface area contributed by atoms with Crippen molar-refractivity contribution in [1.82, 2.24) is 0 Å². The van der Waals surface area contributed by atoms with E-state index in [1.807, 2.05) is 38.1 Å². The first-order valence-corrected chi connectivity index (χ1v) is 8.29. The van der Waals surface area contributed by atoms with Crippen LogP contribution < -0.4 is 4.74 Å². The molecule has 0 aliphatic carbocycles. The molecular formula is C14H14Br2O2S. The summed E-state index contributed by atoms with van der Waals surface area (Å²) in [6, 6.07) is 7.79. The van der Waals surface area contributed by atoms with Gasteiger partial charge in [0.25, 0.3) is 0 Å². The summed E-state index contributed by atoms with van der Waals surface area (Å²) in [5.74, 6) is 0.731. The molecule has 5 heteroatoms. The first-order valence-electron chi connectivity index (χ1n) is 5.89. The van der Waals surface area contributed by atoms with Gasteiger partial charge in [-0.3, -0.25) is 0 Å². The molecule has 1 aromatic carbocycles. The number of aliphatic hydroxyl groups excluding tert-OH is 1. The van der Waals surface area contributed by atoms with Crippen LogP contribution in [0.5, 0.6) is 5.75 Å². The lowest BCUT2D eigenvalue weighted by atomic mass is 10.0. The molecule has 1 aromatic heterocycles. The van der Waals surface area contributed by atoms with E-state index in [9.17, 15) is 5.11 Å². The highest BCUT2D eigenvalue weighted by Crippen LogP contribution is 2.40. The van der Waals surface area contributed by atoms with E-state index in [0.29, 0.717) is 6.61 Å². The molecular weight excluding hydrogens is 392 g/mol. The molecule has 0 aliphatic heterocycles. The van der Waals surface area contributed by atoms with E-state index in [0.717, 1.165) is 30.0 Å². The monoisotopic (exact) mass is 404 g/mol. The number of benzene rings is 1. The SMILES string of the molecule is CCOc1ccc(C)cc1C(O)c1cc(Br)sc1Br. The summed E-state index contributed by atoms with van der Waals surface area (Å²) in [5.41, 5.74) is 2.75. The Balaban J connectivity index is 2.45. The third-order valence-electron chi connectivity index (χ3n) is 2.74. The normalized spacial score (nSPS) is 12.5. The zero-order valence-electron chi connectivity index (χ0n) is 10.6.